The summed E-state index contributed by atoms with van der Waals surface area (Å²) in [5.74, 6) is 0.0734. The van der Waals surface area contributed by atoms with Crippen molar-refractivity contribution in [2.75, 3.05) is 32.3 Å². The molecule has 136 valence electrons. The molecule has 0 bridgehead atoms. The Bertz CT molecular complexity index is 865. The molecule has 1 heterocycles. The van der Waals surface area contributed by atoms with Crippen LogP contribution in [0.5, 0.6) is 5.75 Å². The molecule has 0 radical (unpaired) electrons. The van der Waals surface area contributed by atoms with Crippen LogP contribution in [0.3, 0.4) is 0 Å². The summed E-state index contributed by atoms with van der Waals surface area (Å²) < 4.78 is 32.2. The van der Waals surface area contributed by atoms with Crippen LogP contribution in [0.1, 0.15) is 0 Å². The molecule has 12 heteroatoms. The van der Waals surface area contributed by atoms with Crippen molar-refractivity contribution in [2.24, 2.45) is 7.05 Å². The molecule has 2 aromatic rings. The average molecular weight is 386 g/mol. The number of aryl methyl sites for hydroxylation is 1. The summed E-state index contributed by atoms with van der Waals surface area (Å²) in [5.41, 5.74) is 0.270. The van der Waals surface area contributed by atoms with Crippen LogP contribution in [0.15, 0.2) is 28.3 Å². The number of amides is 1. The Labute approximate surface area is 149 Å². The van der Waals surface area contributed by atoms with Gasteiger partial charge < -0.3 is 10.1 Å². The van der Waals surface area contributed by atoms with E-state index in [1.165, 1.54) is 44.1 Å². The lowest BCUT2D eigenvalue weighted by Gasteiger charge is -2.15. The molecule has 0 unspecified atom stereocenters. The van der Waals surface area contributed by atoms with Gasteiger partial charge in [-0.1, -0.05) is 11.8 Å². The maximum Gasteiger partial charge on any atom is 0.242 e. The number of carbonyl (C=O) groups excluding carboxylic acids is 1. The number of nitrogens with zero attached hydrogens (tertiary/aromatic N) is 5. The number of hydrogen-bond acceptors (Lipinski definition) is 8. The van der Waals surface area contributed by atoms with Crippen molar-refractivity contribution in [3.05, 3.63) is 18.2 Å². The molecule has 1 aromatic heterocycles. The molecule has 10 nitrogen and oxygen atoms in total. The normalized spacial score (nSPS) is 11.6. The van der Waals surface area contributed by atoms with Crippen molar-refractivity contribution in [2.45, 2.75) is 10.1 Å². The number of hydrogen-bond donors (Lipinski definition) is 1. The third-order valence-corrected chi connectivity index (χ3v) is 5.96. The number of tetrazole rings is 1. The Morgan fingerprint density at radius 1 is 1.40 bits per heavy atom. The molecule has 0 saturated heterocycles. The second-order valence-electron chi connectivity index (χ2n) is 5.07. The Balaban J connectivity index is 2.17. The van der Waals surface area contributed by atoms with Crippen LogP contribution in [0.25, 0.3) is 0 Å². The molecule has 0 aliphatic rings. The maximum absolute atomic E-state index is 12.2. The molecule has 0 spiro atoms. The fourth-order valence-corrected chi connectivity index (χ4v) is 3.39. The van der Waals surface area contributed by atoms with Gasteiger partial charge >= 0.3 is 0 Å². The van der Waals surface area contributed by atoms with E-state index in [9.17, 15) is 13.2 Å². The molecule has 2 rings (SSSR count). The van der Waals surface area contributed by atoms with Gasteiger partial charge in [0, 0.05) is 21.1 Å². The minimum absolute atomic E-state index is 0.0544. The quantitative estimate of drug-likeness (QED) is 0.670. The van der Waals surface area contributed by atoms with E-state index in [4.69, 9.17) is 4.74 Å². The summed E-state index contributed by atoms with van der Waals surface area (Å²) in [6.45, 7) is 0. The molecular weight excluding hydrogens is 368 g/mol. The second kappa shape index (κ2) is 7.80. The molecule has 1 aromatic carbocycles. The fraction of sp³-hybridized carbons (Fsp3) is 0.385. The zero-order valence-corrected chi connectivity index (χ0v) is 15.8. The summed E-state index contributed by atoms with van der Waals surface area (Å²) >= 11 is 1.16. The van der Waals surface area contributed by atoms with Crippen LogP contribution in [0, 0.1) is 0 Å². The highest BCUT2D eigenvalue weighted by molar-refractivity contribution is 7.99. The van der Waals surface area contributed by atoms with Gasteiger partial charge in [-0.2, -0.15) is 0 Å². The summed E-state index contributed by atoms with van der Waals surface area (Å²) in [4.78, 5) is 12.2. The number of ether oxygens (including phenoxy) is 1. The van der Waals surface area contributed by atoms with Gasteiger partial charge in [0.25, 0.3) is 0 Å². The number of carbonyl (C=O) groups is 1. The van der Waals surface area contributed by atoms with E-state index < -0.39 is 10.0 Å². The Hall–Kier alpha value is -2.18. The monoisotopic (exact) mass is 386 g/mol. The van der Waals surface area contributed by atoms with E-state index in [1.807, 2.05) is 0 Å². The van der Waals surface area contributed by atoms with Gasteiger partial charge in [-0.05, 0) is 28.6 Å². The van der Waals surface area contributed by atoms with Crippen LogP contribution < -0.4 is 10.1 Å². The average Bonchev–Trinajstić information content (AvgIpc) is 2.97. The first-order chi connectivity index (χ1) is 11.8. The van der Waals surface area contributed by atoms with E-state index in [0.717, 1.165) is 16.1 Å². The molecule has 0 fully saturated rings. The van der Waals surface area contributed by atoms with Gasteiger partial charge in [0.1, 0.15) is 5.75 Å². The minimum Gasteiger partial charge on any atom is -0.495 e. The third-order valence-electron chi connectivity index (χ3n) is 3.14. The zero-order valence-electron chi connectivity index (χ0n) is 14.1. The van der Waals surface area contributed by atoms with Crippen LogP contribution in [-0.4, -0.2) is 65.8 Å². The van der Waals surface area contributed by atoms with E-state index in [0.29, 0.717) is 10.9 Å². The standard InChI is InChI=1S/C13H18N6O4S2/c1-18(2)25(21,22)9-5-6-11(23-4)10(7-9)14-12(20)8-24-13-15-16-17-19(13)3/h5-7H,8H2,1-4H3,(H,14,20). The highest BCUT2D eigenvalue weighted by atomic mass is 32.2. The first kappa shape index (κ1) is 19.1. The summed E-state index contributed by atoms with van der Waals surface area (Å²) in [7, 11) is 2.35. The molecule has 0 saturated carbocycles. The van der Waals surface area contributed by atoms with Crippen molar-refractivity contribution in [3.63, 3.8) is 0 Å². The Morgan fingerprint density at radius 2 is 2.12 bits per heavy atom. The van der Waals surface area contributed by atoms with E-state index in [1.54, 1.807) is 7.05 Å². The van der Waals surface area contributed by atoms with Crippen molar-refractivity contribution in [3.8, 4) is 5.75 Å². The number of benzene rings is 1. The number of methoxy groups -OCH3 is 1. The molecule has 25 heavy (non-hydrogen) atoms. The van der Waals surface area contributed by atoms with Crippen molar-refractivity contribution < 1.29 is 17.9 Å². The lowest BCUT2D eigenvalue weighted by molar-refractivity contribution is -0.113. The van der Waals surface area contributed by atoms with Gasteiger partial charge in [-0.25, -0.2) is 17.4 Å². The predicted molar refractivity (Wildman–Crippen MR) is 92.0 cm³/mol. The highest BCUT2D eigenvalue weighted by Gasteiger charge is 2.20. The van der Waals surface area contributed by atoms with Crippen molar-refractivity contribution in [1.29, 1.82) is 0 Å². The lowest BCUT2D eigenvalue weighted by atomic mass is 10.3. The van der Waals surface area contributed by atoms with Crippen LogP contribution in [0.4, 0.5) is 5.69 Å². The maximum atomic E-state index is 12.2. The summed E-state index contributed by atoms with van der Waals surface area (Å²) in [6.07, 6.45) is 0. The van der Waals surface area contributed by atoms with Crippen LogP contribution >= 0.6 is 11.8 Å². The van der Waals surface area contributed by atoms with Gasteiger partial charge in [0.05, 0.1) is 23.4 Å². The van der Waals surface area contributed by atoms with Gasteiger partial charge in [-0.15, -0.1) is 5.10 Å². The van der Waals surface area contributed by atoms with E-state index in [-0.39, 0.29) is 22.2 Å². The fourth-order valence-electron chi connectivity index (χ4n) is 1.82. The number of rotatable bonds is 7. The van der Waals surface area contributed by atoms with E-state index >= 15 is 0 Å². The number of anilines is 1. The van der Waals surface area contributed by atoms with Gasteiger partial charge in [-0.3, -0.25) is 4.79 Å². The Morgan fingerprint density at radius 3 is 2.68 bits per heavy atom. The van der Waals surface area contributed by atoms with Crippen LogP contribution in [-0.2, 0) is 21.9 Å². The minimum atomic E-state index is -3.62. The SMILES string of the molecule is COc1ccc(S(=O)(=O)N(C)C)cc1NC(=O)CSc1nnnn1C. The molecule has 1 N–H and O–H groups in total. The third kappa shape index (κ3) is 4.46. The number of sulfonamides is 1. The Kier molecular flexibility index (Phi) is 5.98. The van der Waals surface area contributed by atoms with Gasteiger partial charge in [0.15, 0.2) is 0 Å². The number of aromatic nitrogens is 4. The topological polar surface area (TPSA) is 119 Å². The number of thioether (sulfide) groups is 1. The first-order valence-electron chi connectivity index (χ1n) is 7.01. The smallest absolute Gasteiger partial charge is 0.242 e. The summed E-state index contributed by atoms with van der Waals surface area (Å²) in [6, 6.07) is 4.27. The summed E-state index contributed by atoms with van der Waals surface area (Å²) in [5, 5.41) is 14.1. The lowest BCUT2D eigenvalue weighted by Crippen LogP contribution is -2.22. The van der Waals surface area contributed by atoms with Crippen molar-refractivity contribution >= 4 is 33.4 Å². The largest absolute Gasteiger partial charge is 0.495 e. The molecule has 0 aliphatic carbocycles. The zero-order chi connectivity index (χ0) is 18.6. The molecular formula is C13H18N6O4S2. The molecule has 1 amide bonds. The van der Waals surface area contributed by atoms with Gasteiger partial charge in [0.2, 0.25) is 21.1 Å². The highest BCUT2D eigenvalue weighted by Crippen LogP contribution is 2.28. The van der Waals surface area contributed by atoms with E-state index in [2.05, 4.69) is 20.8 Å². The van der Waals surface area contributed by atoms with Crippen LogP contribution in [0.2, 0.25) is 0 Å². The number of nitrogens with one attached hydrogen (secondary N) is 1. The van der Waals surface area contributed by atoms with Crippen molar-refractivity contribution in [1.82, 2.24) is 24.5 Å². The molecule has 0 atom stereocenters. The first-order valence-corrected chi connectivity index (χ1v) is 9.44. The second-order valence-corrected chi connectivity index (χ2v) is 8.17. The predicted octanol–water partition coefficient (Wildman–Crippen LogP) is 0.200. The molecule has 0 aliphatic heterocycles.